The highest BCUT2D eigenvalue weighted by molar-refractivity contribution is 7.85. The molecule has 0 saturated heterocycles. The van der Waals surface area contributed by atoms with Gasteiger partial charge < -0.3 is 10.0 Å². The van der Waals surface area contributed by atoms with Crippen molar-refractivity contribution in [2.24, 2.45) is 0 Å². The van der Waals surface area contributed by atoms with Crippen molar-refractivity contribution >= 4 is 28.3 Å². The standard InChI is InChI=1S/C25H31NO3S/c1-24(2,3)18-12-16(13-19(23(18)28)25(4,5)6)8-11-21(27)17-9-10-20-22(14-17)30(29)15-26(20)7/h8-14,28H,15H2,1-7H3. The van der Waals surface area contributed by atoms with E-state index in [9.17, 15) is 14.1 Å². The molecule has 0 amide bonds. The van der Waals surface area contributed by atoms with Gasteiger partial charge in [0.2, 0.25) is 0 Å². The second-order valence-electron chi connectivity index (χ2n) is 10.0. The zero-order valence-corrected chi connectivity index (χ0v) is 19.7. The lowest BCUT2D eigenvalue weighted by molar-refractivity contribution is 0.104. The Labute approximate surface area is 182 Å². The van der Waals surface area contributed by atoms with E-state index < -0.39 is 10.8 Å². The van der Waals surface area contributed by atoms with Crippen LogP contribution in [0.15, 0.2) is 41.3 Å². The van der Waals surface area contributed by atoms with Gasteiger partial charge in [-0.25, -0.2) is 0 Å². The number of anilines is 1. The van der Waals surface area contributed by atoms with Crippen LogP contribution in [0.2, 0.25) is 0 Å². The van der Waals surface area contributed by atoms with E-state index >= 15 is 0 Å². The van der Waals surface area contributed by atoms with Crippen molar-refractivity contribution in [3.8, 4) is 5.75 Å². The number of phenolic OH excluding ortho intramolecular Hbond substituents is 1. The number of carbonyl (C=O) groups excluding carboxylic acids is 1. The maximum atomic E-state index is 12.8. The van der Waals surface area contributed by atoms with Gasteiger partial charge in [0.1, 0.15) is 5.75 Å². The van der Waals surface area contributed by atoms with Crippen molar-refractivity contribution in [1.29, 1.82) is 0 Å². The molecule has 1 unspecified atom stereocenters. The van der Waals surface area contributed by atoms with E-state index in [0.29, 0.717) is 22.1 Å². The molecule has 0 aliphatic carbocycles. The van der Waals surface area contributed by atoms with Gasteiger partial charge in [0.05, 0.1) is 27.3 Å². The third-order valence-corrected chi connectivity index (χ3v) is 6.83. The van der Waals surface area contributed by atoms with Crippen LogP contribution in [0, 0.1) is 0 Å². The Morgan fingerprint density at radius 3 is 2.13 bits per heavy atom. The summed E-state index contributed by atoms with van der Waals surface area (Å²) < 4.78 is 12.2. The van der Waals surface area contributed by atoms with E-state index in [0.717, 1.165) is 22.4 Å². The van der Waals surface area contributed by atoms with Gasteiger partial charge in [0, 0.05) is 23.7 Å². The number of hydrogen-bond acceptors (Lipinski definition) is 4. The molecule has 2 aromatic rings. The van der Waals surface area contributed by atoms with Gasteiger partial charge in [-0.15, -0.1) is 0 Å². The second-order valence-corrected chi connectivity index (χ2v) is 11.4. The lowest BCUT2D eigenvalue weighted by Crippen LogP contribution is -2.17. The Bertz CT molecular complexity index is 1020. The Balaban J connectivity index is 1.97. The number of rotatable bonds is 3. The summed E-state index contributed by atoms with van der Waals surface area (Å²) in [5.74, 6) is 0.650. The van der Waals surface area contributed by atoms with Crippen LogP contribution in [-0.2, 0) is 21.6 Å². The fraction of sp³-hybridized carbons (Fsp3) is 0.400. The SMILES string of the molecule is CN1CS(=O)c2cc(C(=O)C=Cc3cc(C(C)(C)C)c(O)c(C(C)(C)C)c3)ccc21. The molecule has 0 aromatic heterocycles. The van der Waals surface area contributed by atoms with Crippen LogP contribution in [0.25, 0.3) is 6.08 Å². The molecule has 1 aliphatic rings. The zero-order valence-electron chi connectivity index (χ0n) is 18.9. The number of carbonyl (C=O) groups is 1. The van der Waals surface area contributed by atoms with Crippen molar-refractivity contribution in [2.75, 3.05) is 17.8 Å². The normalized spacial score (nSPS) is 16.9. The minimum atomic E-state index is -1.10. The number of benzene rings is 2. The largest absolute Gasteiger partial charge is 0.507 e. The van der Waals surface area contributed by atoms with Crippen molar-refractivity contribution < 1.29 is 14.1 Å². The molecule has 3 rings (SSSR count). The van der Waals surface area contributed by atoms with Crippen molar-refractivity contribution in [1.82, 2.24) is 0 Å². The molecule has 160 valence electrons. The minimum Gasteiger partial charge on any atom is -0.507 e. The molecule has 30 heavy (non-hydrogen) atoms. The zero-order chi connectivity index (χ0) is 22.4. The molecule has 1 heterocycles. The Kier molecular flexibility index (Phi) is 5.72. The molecule has 4 nitrogen and oxygen atoms in total. The first kappa shape index (κ1) is 22.3. The highest BCUT2D eigenvalue weighted by atomic mass is 32.2. The average molecular weight is 426 g/mol. The van der Waals surface area contributed by atoms with Gasteiger partial charge in [-0.05, 0) is 52.8 Å². The van der Waals surface area contributed by atoms with E-state index in [2.05, 4.69) is 41.5 Å². The smallest absolute Gasteiger partial charge is 0.185 e. The summed E-state index contributed by atoms with van der Waals surface area (Å²) in [5.41, 5.74) is 3.58. The van der Waals surface area contributed by atoms with Gasteiger partial charge >= 0.3 is 0 Å². The van der Waals surface area contributed by atoms with E-state index in [1.807, 2.05) is 30.1 Å². The first-order valence-corrected chi connectivity index (χ1v) is 11.4. The van der Waals surface area contributed by atoms with Crippen molar-refractivity contribution in [2.45, 2.75) is 57.3 Å². The van der Waals surface area contributed by atoms with E-state index in [1.165, 1.54) is 0 Å². The third-order valence-electron chi connectivity index (χ3n) is 5.39. The summed E-state index contributed by atoms with van der Waals surface area (Å²) in [5, 5.41) is 10.9. The van der Waals surface area contributed by atoms with Crippen LogP contribution in [-0.4, -0.2) is 28.0 Å². The molecule has 0 spiro atoms. The van der Waals surface area contributed by atoms with Crippen LogP contribution >= 0.6 is 0 Å². The highest BCUT2D eigenvalue weighted by Crippen LogP contribution is 2.40. The quantitative estimate of drug-likeness (QED) is 0.528. The molecular formula is C25H31NO3S. The van der Waals surface area contributed by atoms with Gasteiger partial charge in [-0.1, -0.05) is 47.6 Å². The molecular weight excluding hydrogens is 394 g/mol. The van der Waals surface area contributed by atoms with Crippen LogP contribution < -0.4 is 4.90 Å². The maximum Gasteiger partial charge on any atom is 0.185 e. The second kappa shape index (κ2) is 7.69. The molecule has 0 bridgehead atoms. The molecule has 1 N–H and O–H groups in total. The number of aromatic hydroxyl groups is 1. The van der Waals surface area contributed by atoms with Crippen LogP contribution in [0.3, 0.4) is 0 Å². The summed E-state index contributed by atoms with van der Waals surface area (Å²) in [4.78, 5) is 15.4. The highest BCUT2D eigenvalue weighted by Gasteiger charge is 2.26. The van der Waals surface area contributed by atoms with Gasteiger partial charge in [-0.2, -0.15) is 0 Å². The first-order valence-electron chi connectivity index (χ1n) is 10.1. The lowest BCUT2D eigenvalue weighted by atomic mass is 9.78. The predicted octanol–water partition coefficient (Wildman–Crippen LogP) is 5.40. The third kappa shape index (κ3) is 4.36. The average Bonchev–Trinajstić information content (AvgIpc) is 2.92. The van der Waals surface area contributed by atoms with E-state index in [4.69, 9.17) is 0 Å². The van der Waals surface area contributed by atoms with Crippen molar-refractivity contribution in [3.05, 3.63) is 58.7 Å². The minimum absolute atomic E-state index is 0.132. The lowest BCUT2D eigenvalue weighted by Gasteiger charge is -2.27. The van der Waals surface area contributed by atoms with E-state index in [1.54, 1.807) is 24.3 Å². The molecule has 5 heteroatoms. The molecule has 1 atom stereocenters. The fourth-order valence-corrected chi connectivity index (χ4v) is 4.99. The summed E-state index contributed by atoms with van der Waals surface area (Å²) in [6.07, 6.45) is 3.34. The Morgan fingerprint density at radius 1 is 1.03 bits per heavy atom. The van der Waals surface area contributed by atoms with E-state index in [-0.39, 0.29) is 16.6 Å². The Morgan fingerprint density at radius 2 is 1.60 bits per heavy atom. The molecule has 2 aromatic carbocycles. The number of ketones is 1. The molecule has 1 aliphatic heterocycles. The first-order chi connectivity index (χ1) is 13.8. The van der Waals surface area contributed by atoms with Crippen LogP contribution in [0.4, 0.5) is 5.69 Å². The number of allylic oxidation sites excluding steroid dienone is 1. The fourth-order valence-electron chi connectivity index (χ4n) is 3.64. The summed E-state index contributed by atoms with van der Waals surface area (Å²) in [6, 6.07) is 9.27. The Hall–Kier alpha value is -2.40. The molecule has 0 fully saturated rings. The summed E-state index contributed by atoms with van der Waals surface area (Å²) in [6.45, 7) is 12.4. The predicted molar refractivity (Wildman–Crippen MR) is 125 cm³/mol. The topological polar surface area (TPSA) is 57.6 Å². The number of phenols is 1. The maximum absolute atomic E-state index is 12.8. The molecule has 0 saturated carbocycles. The van der Waals surface area contributed by atoms with Gasteiger partial charge in [-0.3, -0.25) is 9.00 Å². The summed E-state index contributed by atoms with van der Waals surface area (Å²) >= 11 is 0. The van der Waals surface area contributed by atoms with Crippen molar-refractivity contribution in [3.63, 3.8) is 0 Å². The number of nitrogens with zero attached hydrogens (tertiary/aromatic N) is 1. The molecule has 0 radical (unpaired) electrons. The summed E-state index contributed by atoms with van der Waals surface area (Å²) in [7, 11) is 0.797. The number of fused-ring (bicyclic) bond motifs is 1. The van der Waals surface area contributed by atoms with Crippen LogP contribution in [0.5, 0.6) is 5.75 Å². The van der Waals surface area contributed by atoms with Gasteiger partial charge in [0.15, 0.2) is 5.78 Å². The monoisotopic (exact) mass is 425 g/mol. The van der Waals surface area contributed by atoms with Gasteiger partial charge in [0.25, 0.3) is 0 Å². The number of hydrogen-bond donors (Lipinski definition) is 1. The van der Waals surface area contributed by atoms with Crippen LogP contribution in [0.1, 0.15) is 68.6 Å².